The third-order valence-corrected chi connectivity index (χ3v) is 4.03. The fourth-order valence-corrected chi connectivity index (χ4v) is 2.53. The number of carbonyl (C=O) groups is 1. The third kappa shape index (κ3) is 4.17. The molecule has 0 aliphatic carbocycles. The lowest BCUT2D eigenvalue weighted by molar-refractivity contribution is 0.0464. The minimum atomic E-state index is -0.457. The van der Waals surface area contributed by atoms with Crippen molar-refractivity contribution in [3.05, 3.63) is 64.2 Å². The zero-order valence-electron chi connectivity index (χ0n) is 14.2. The highest BCUT2D eigenvalue weighted by atomic mass is 79.9. The standard InChI is InChI=1S/C18H18BrN3O3/c1-18(2,3)16-8-14(21-25-16)11-24-17(23)12-9-20-22(10-12)15-6-4-5-13(19)7-15/h4-10H,11H2,1-3H3. The highest BCUT2D eigenvalue weighted by Crippen LogP contribution is 2.23. The van der Waals surface area contributed by atoms with E-state index in [1.54, 1.807) is 16.9 Å². The zero-order valence-corrected chi connectivity index (χ0v) is 15.8. The Kier molecular flexibility index (Phi) is 4.76. The van der Waals surface area contributed by atoms with Gasteiger partial charge in [-0.3, -0.25) is 0 Å². The molecule has 0 aliphatic heterocycles. The van der Waals surface area contributed by atoms with Crippen LogP contribution in [0.4, 0.5) is 0 Å². The molecular weight excluding hydrogens is 386 g/mol. The molecule has 0 fully saturated rings. The number of ether oxygens (including phenoxy) is 1. The van der Waals surface area contributed by atoms with Gasteiger partial charge in [-0.05, 0) is 18.2 Å². The van der Waals surface area contributed by atoms with Crippen molar-refractivity contribution >= 4 is 21.9 Å². The molecule has 3 rings (SSSR count). The molecule has 0 bridgehead atoms. The lowest BCUT2D eigenvalue weighted by Gasteiger charge is -2.12. The summed E-state index contributed by atoms with van der Waals surface area (Å²) in [6.07, 6.45) is 3.11. The van der Waals surface area contributed by atoms with Crippen LogP contribution in [0, 0.1) is 0 Å². The van der Waals surface area contributed by atoms with Gasteiger partial charge in [-0.15, -0.1) is 0 Å². The van der Waals surface area contributed by atoms with Crippen molar-refractivity contribution in [2.24, 2.45) is 0 Å². The van der Waals surface area contributed by atoms with Gasteiger partial charge in [0.15, 0.2) is 0 Å². The number of rotatable bonds is 4. The van der Waals surface area contributed by atoms with E-state index in [0.717, 1.165) is 15.9 Å². The Labute approximate surface area is 153 Å². The Morgan fingerprint density at radius 3 is 2.80 bits per heavy atom. The van der Waals surface area contributed by atoms with Crippen LogP contribution in [0.5, 0.6) is 0 Å². The summed E-state index contributed by atoms with van der Waals surface area (Å²) in [6, 6.07) is 9.43. The van der Waals surface area contributed by atoms with E-state index in [0.29, 0.717) is 11.3 Å². The zero-order chi connectivity index (χ0) is 18.0. The number of carbonyl (C=O) groups excluding carboxylic acids is 1. The molecule has 0 saturated heterocycles. The number of aromatic nitrogens is 3. The van der Waals surface area contributed by atoms with E-state index in [1.807, 2.05) is 45.0 Å². The van der Waals surface area contributed by atoms with Crippen molar-refractivity contribution in [1.29, 1.82) is 0 Å². The Hall–Kier alpha value is -2.41. The molecule has 0 N–H and O–H groups in total. The summed E-state index contributed by atoms with van der Waals surface area (Å²) >= 11 is 3.41. The average Bonchev–Trinajstić information content (AvgIpc) is 3.21. The topological polar surface area (TPSA) is 70.2 Å². The fourth-order valence-electron chi connectivity index (χ4n) is 2.14. The fraction of sp³-hybridized carbons (Fsp3) is 0.278. The Bertz CT molecular complexity index is 893. The van der Waals surface area contributed by atoms with Crippen LogP contribution >= 0.6 is 15.9 Å². The SMILES string of the molecule is CC(C)(C)c1cc(COC(=O)c2cnn(-c3cccc(Br)c3)c2)no1. The lowest BCUT2D eigenvalue weighted by Crippen LogP contribution is -2.09. The third-order valence-electron chi connectivity index (χ3n) is 3.54. The Morgan fingerprint density at radius 2 is 2.12 bits per heavy atom. The summed E-state index contributed by atoms with van der Waals surface area (Å²) < 4.78 is 13.1. The number of benzene rings is 1. The van der Waals surface area contributed by atoms with Gasteiger partial charge in [0.05, 0.1) is 17.4 Å². The molecule has 0 spiro atoms. The van der Waals surface area contributed by atoms with Crippen LogP contribution < -0.4 is 0 Å². The molecule has 2 aromatic heterocycles. The van der Waals surface area contributed by atoms with Crippen LogP contribution in [0.25, 0.3) is 5.69 Å². The van der Waals surface area contributed by atoms with Gasteiger partial charge >= 0.3 is 5.97 Å². The van der Waals surface area contributed by atoms with Crippen molar-refractivity contribution in [1.82, 2.24) is 14.9 Å². The highest BCUT2D eigenvalue weighted by molar-refractivity contribution is 9.10. The van der Waals surface area contributed by atoms with Gasteiger partial charge in [0.25, 0.3) is 0 Å². The van der Waals surface area contributed by atoms with Crippen LogP contribution in [0.1, 0.15) is 42.6 Å². The molecular formula is C18H18BrN3O3. The van der Waals surface area contributed by atoms with Crippen LogP contribution in [-0.4, -0.2) is 20.9 Å². The van der Waals surface area contributed by atoms with Gasteiger partial charge in [0.2, 0.25) is 0 Å². The van der Waals surface area contributed by atoms with Gasteiger partial charge in [-0.1, -0.05) is 47.9 Å². The molecule has 6 nitrogen and oxygen atoms in total. The van der Waals surface area contributed by atoms with Crippen LogP contribution in [-0.2, 0) is 16.8 Å². The molecule has 25 heavy (non-hydrogen) atoms. The summed E-state index contributed by atoms with van der Waals surface area (Å²) in [5.41, 5.74) is 1.66. The van der Waals surface area contributed by atoms with Crippen molar-refractivity contribution in [2.45, 2.75) is 32.8 Å². The molecule has 0 saturated carbocycles. The largest absolute Gasteiger partial charge is 0.455 e. The first-order valence-corrected chi connectivity index (χ1v) is 8.56. The van der Waals surface area contributed by atoms with Gasteiger partial charge in [-0.2, -0.15) is 5.10 Å². The molecule has 0 atom stereocenters. The maximum absolute atomic E-state index is 12.2. The normalized spacial score (nSPS) is 11.5. The van der Waals surface area contributed by atoms with Crippen LogP contribution in [0.3, 0.4) is 0 Å². The first kappa shape index (κ1) is 17.4. The summed E-state index contributed by atoms with van der Waals surface area (Å²) in [4.78, 5) is 12.2. The predicted molar refractivity (Wildman–Crippen MR) is 95.6 cm³/mol. The van der Waals surface area contributed by atoms with E-state index in [-0.39, 0.29) is 12.0 Å². The minimum Gasteiger partial charge on any atom is -0.455 e. The van der Waals surface area contributed by atoms with Gasteiger partial charge in [-0.25, -0.2) is 9.48 Å². The second-order valence-corrected chi connectivity index (χ2v) is 7.58. The minimum absolute atomic E-state index is 0.0560. The molecule has 7 heteroatoms. The monoisotopic (exact) mass is 403 g/mol. The average molecular weight is 404 g/mol. The molecule has 1 aromatic carbocycles. The Balaban J connectivity index is 1.65. The maximum Gasteiger partial charge on any atom is 0.341 e. The summed E-state index contributed by atoms with van der Waals surface area (Å²) in [5, 5.41) is 8.13. The van der Waals surface area contributed by atoms with Gasteiger partial charge in [0, 0.05) is 22.2 Å². The molecule has 0 aliphatic rings. The number of hydrogen-bond acceptors (Lipinski definition) is 5. The molecule has 0 amide bonds. The summed E-state index contributed by atoms with van der Waals surface area (Å²) in [7, 11) is 0. The number of nitrogens with zero attached hydrogens (tertiary/aromatic N) is 3. The molecule has 2 heterocycles. The van der Waals surface area contributed by atoms with Crippen molar-refractivity contribution in [2.75, 3.05) is 0 Å². The quantitative estimate of drug-likeness (QED) is 0.608. The van der Waals surface area contributed by atoms with E-state index in [4.69, 9.17) is 9.26 Å². The van der Waals surface area contributed by atoms with Gasteiger partial charge < -0.3 is 9.26 Å². The molecule has 0 unspecified atom stereocenters. The van der Waals surface area contributed by atoms with Crippen molar-refractivity contribution < 1.29 is 14.1 Å². The van der Waals surface area contributed by atoms with Crippen LogP contribution in [0.15, 0.2) is 51.7 Å². The molecule has 0 radical (unpaired) electrons. The summed E-state index contributed by atoms with van der Waals surface area (Å²) in [6.45, 7) is 6.14. The van der Waals surface area contributed by atoms with Crippen LogP contribution in [0.2, 0.25) is 0 Å². The van der Waals surface area contributed by atoms with E-state index in [2.05, 4.69) is 26.2 Å². The van der Waals surface area contributed by atoms with E-state index >= 15 is 0 Å². The Morgan fingerprint density at radius 1 is 1.32 bits per heavy atom. The predicted octanol–water partition coefficient (Wildman–Crippen LogP) is 4.28. The number of hydrogen-bond donors (Lipinski definition) is 0. The second kappa shape index (κ2) is 6.84. The highest BCUT2D eigenvalue weighted by Gasteiger charge is 2.20. The van der Waals surface area contributed by atoms with E-state index in [9.17, 15) is 4.79 Å². The lowest BCUT2D eigenvalue weighted by atomic mass is 9.93. The van der Waals surface area contributed by atoms with E-state index in [1.165, 1.54) is 6.20 Å². The van der Waals surface area contributed by atoms with Crippen molar-refractivity contribution in [3.63, 3.8) is 0 Å². The summed E-state index contributed by atoms with van der Waals surface area (Å²) in [5.74, 6) is 0.294. The molecule has 130 valence electrons. The van der Waals surface area contributed by atoms with Crippen molar-refractivity contribution in [3.8, 4) is 5.69 Å². The maximum atomic E-state index is 12.2. The first-order valence-electron chi connectivity index (χ1n) is 7.77. The second-order valence-electron chi connectivity index (χ2n) is 6.66. The smallest absolute Gasteiger partial charge is 0.341 e. The number of halogens is 1. The van der Waals surface area contributed by atoms with E-state index < -0.39 is 5.97 Å². The first-order chi connectivity index (χ1) is 11.8. The molecule has 3 aromatic rings. The van der Waals surface area contributed by atoms with Gasteiger partial charge in [0.1, 0.15) is 18.1 Å². The number of esters is 1.